The minimum Gasteiger partial charge on any atom is -0.492 e. The molecular formula is C27H38N6O3. The number of hydrogen-bond acceptors (Lipinski definition) is 9. The van der Waals surface area contributed by atoms with Crippen LogP contribution in [-0.2, 0) is 11.3 Å². The van der Waals surface area contributed by atoms with E-state index in [4.69, 9.17) is 14.5 Å². The van der Waals surface area contributed by atoms with E-state index in [9.17, 15) is 5.11 Å². The summed E-state index contributed by atoms with van der Waals surface area (Å²) in [6.45, 7) is 7.14. The van der Waals surface area contributed by atoms with Gasteiger partial charge in [0.1, 0.15) is 24.4 Å². The van der Waals surface area contributed by atoms with Gasteiger partial charge in [0.05, 0.1) is 13.2 Å². The fourth-order valence-electron chi connectivity index (χ4n) is 5.14. The van der Waals surface area contributed by atoms with Gasteiger partial charge in [-0.05, 0) is 63.0 Å². The largest absolute Gasteiger partial charge is 0.492 e. The predicted octanol–water partition coefficient (Wildman–Crippen LogP) is 2.91. The first kappa shape index (κ1) is 25.0. The quantitative estimate of drug-likeness (QED) is 0.555. The van der Waals surface area contributed by atoms with E-state index >= 15 is 0 Å². The van der Waals surface area contributed by atoms with E-state index in [1.165, 1.54) is 12.8 Å². The highest BCUT2D eigenvalue weighted by Crippen LogP contribution is 2.27. The van der Waals surface area contributed by atoms with Crippen LogP contribution >= 0.6 is 0 Å². The van der Waals surface area contributed by atoms with Crippen molar-refractivity contribution < 1.29 is 14.6 Å². The van der Waals surface area contributed by atoms with Gasteiger partial charge >= 0.3 is 0 Å². The molecule has 2 aromatic rings. The molecule has 2 fully saturated rings. The third kappa shape index (κ3) is 6.73. The van der Waals surface area contributed by atoms with E-state index in [0.29, 0.717) is 32.3 Å². The number of aliphatic hydroxyl groups is 1. The number of anilines is 3. The molecule has 2 unspecified atom stereocenters. The molecule has 194 valence electrons. The number of aromatic nitrogens is 2. The van der Waals surface area contributed by atoms with Gasteiger partial charge in [-0.1, -0.05) is 12.2 Å². The van der Waals surface area contributed by atoms with Crippen LogP contribution in [0.1, 0.15) is 31.2 Å². The van der Waals surface area contributed by atoms with E-state index in [-0.39, 0.29) is 5.92 Å². The molecule has 4 heterocycles. The number of benzene rings is 1. The van der Waals surface area contributed by atoms with Crippen LogP contribution in [0, 0.1) is 5.92 Å². The molecule has 0 aliphatic carbocycles. The fourth-order valence-corrected chi connectivity index (χ4v) is 5.14. The third-order valence-electron chi connectivity index (χ3n) is 7.13. The Hall–Kier alpha value is -2.72. The van der Waals surface area contributed by atoms with Crippen molar-refractivity contribution in [2.75, 3.05) is 62.7 Å². The Labute approximate surface area is 213 Å². The molecule has 3 N–H and O–H groups in total. The molecular weight excluding hydrogens is 456 g/mol. The van der Waals surface area contributed by atoms with Crippen molar-refractivity contribution in [1.29, 1.82) is 0 Å². The van der Waals surface area contributed by atoms with Crippen LogP contribution in [0.2, 0.25) is 0 Å². The van der Waals surface area contributed by atoms with Crippen molar-refractivity contribution in [3.63, 3.8) is 0 Å². The second-order valence-corrected chi connectivity index (χ2v) is 9.77. The molecule has 5 rings (SSSR count). The van der Waals surface area contributed by atoms with Crippen molar-refractivity contribution >= 4 is 17.5 Å². The molecule has 0 spiro atoms. The van der Waals surface area contributed by atoms with Crippen molar-refractivity contribution in [2.24, 2.45) is 5.92 Å². The number of rotatable bonds is 4. The van der Waals surface area contributed by atoms with E-state index in [0.717, 1.165) is 68.4 Å². The Morgan fingerprint density at radius 3 is 2.94 bits per heavy atom. The number of likely N-dealkylation sites (tertiary alicyclic amines) is 1. The average Bonchev–Trinajstić information content (AvgIpc) is 3.42. The number of piperidine rings is 1. The highest BCUT2D eigenvalue weighted by molar-refractivity contribution is 5.58. The zero-order chi connectivity index (χ0) is 24.6. The number of fused-ring (bicyclic) bond motifs is 7. The molecule has 2 atom stereocenters. The SMILES string of the molecule is OC1NC/C=C/COCc2cc(ccc2OCCN2CCCC2)Nc2nccc(n2)N2CCCC1C2. The maximum atomic E-state index is 10.7. The molecule has 0 saturated carbocycles. The van der Waals surface area contributed by atoms with Crippen LogP contribution < -0.4 is 20.3 Å². The van der Waals surface area contributed by atoms with Crippen molar-refractivity contribution in [3.05, 3.63) is 48.2 Å². The topological polar surface area (TPSA) is 95.0 Å². The first-order valence-electron chi connectivity index (χ1n) is 13.2. The van der Waals surface area contributed by atoms with E-state index in [1.54, 1.807) is 6.20 Å². The molecule has 36 heavy (non-hydrogen) atoms. The van der Waals surface area contributed by atoms with E-state index < -0.39 is 6.23 Å². The Morgan fingerprint density at radius 1 is 1.11 bits per heavy atom. The van der Waals surface area contributed by atoms with Crippen LogP contribution in [0.5, 0.6) is 5.75 Å². The van der Waals surface area contributed by atoms with Crippen molar-refractivity contribution in [2.45, 2.75) is 38.5 Å². The van der Waals surface area contributed by atoms with Gasteiger partial charge in [0.15, 0.2) is 0 Å². The van der Waals surface area contributed by atoms with Gasteiger partial charge in [0.25, 0.3) is 0 Å². The molecule has 3 aliphatic rings. The molecule has 1 aromatic carbocycles. The number of hydrogen-bond donors (Lipinski definition) is 3. The minimum absolute atomic E-state index is 0.147. The summed E-state index contributed by atoms with van der Waals surface area (Å²) < 4.78 is 12.1. The second kappa shape index (κ2) is 12.5. The number of aliphatic hydroxyl groups excluding tert-OH is 1. The lowest BCUT2D eigenvalue weighted by molar-refractivity contribution is 0.0699. The molecule has 9 heteroatoms. The molecule has 0 amide bonds. The number of nitrogens with zero attached hydrogens (tertiary/aromatic N) is 4. The maximum Gasteiger partial charge on any atom is 0.229 e. The molecule has 2 saturated heterocycles. The number of ether oxygens (including phenoxy) is 2. The summed E-state index contributed by atoms with van der Waals surface area (Å²) in [6, 6.07) is 8.00. The zero-order valence-corrected chi connectivity index (χ0v) is 20.9. The molecule has 1 aromatic heterocycles. The second-order valence-electron chi connectivity index (χ2n) is 9.77. The van der Waals surface area contributed by atoms with Crippen molar-refractivity contribution in [3.8, 4) is 5.75 Å². The van der Waals surface area contributed by atoms with Crippen LogP contribution in [0.3, 0.4) is 0 Å². The van der Waals surface area contributed by atoms with Gasteiger partial charge in [-0.2, -0.15) is 4.98 Å². The summed E-state index contributed by atoms with van der Waals surface area (Å²) in [4.78, 5) is 13.9. The monoisotopic (exact) mass is 494 g/mol. The highest BCUT2D eigenvalue weighted by atomic mass is 16.5. The lowest BCUT2D eigenvalue weighted by atomic mass is 9.96. The molecule has 3 aliphatic heterocycles. The highest BCUT2D eigenvalue weighted by Gasteiger charge is 2.26. The summed E-state index contributed by atoms with van der Waals surface area (Å²) in [5.74, 6) is 2.41. The van der Waals surface area contributed by atoms with Crippen LogP contribution in [0.25, 0.3) is 0 Å². The zero-order valence-electron chi connectivity index (χ0n) is 20.9. The Bertz CT molecular complexity index is 1010. The van der Waals surface area contributed by atoms with Crippen molar-refractivity contribution in [1.82, 2.24) is 20.2 Å². The van der Waals surface area contributed by atoms with Gasteiger partial charge in [0.2, 0.25) is 5.95 Å². The van der Waals surface area contributed by atoms with Crippen LogP contribution in [0.4, 0.5) is 17.5 Å². The Morgan fingerprint density at radius 2 is 2.03 bits per heavy atom. The van der Waals surface area contributed by atoms with E-state index in [2.05, 4.69) is 31.5 Å². The first-order chi connectivity index (χ1) is 17.7. The summed E-state index contributed by atoms with van der Waals surface area (Å²) in [5.41, 5.74) is 1.88. The van der Waals surface area contributed by atoms with Crippen LogP contribution in [0.15, 0.2) is 42.6 Å². The third-order valence-corrected chi connectivity index (χ3v) is 7.13. The summed E-state index contributed by atoms with van der Waals surface area (Å²) in [7, 11) is 0. The maximum absolute atomic E-state index is 10.7. The lowest BCUT2D eigenvalue weighted by Crippen LogP contribution is -2.46. The van der Waals surface area contributed by atoms with Gasteiger partial charge in [-0.15, -0.1) is 0 Å². The van der Waals surface area contributed by atoms with Gasteiger partial charge in [-0.3, -0.25) is 10.2 Å². The van der Waals surface area contributed by atoms with E-state index in [1.807, 2.05) is 30.4 Å². The summed E-state index contributed by atoms with van der Waals surface area (Å²) >= 11 is 0. The van der Waals surface area contributed by atoms with Gasteiger partial charge in [0, 0.05) is 49.5 Å². The molecule has 9 nitrogen and oxygen atoms in total. The van der Waals surface area contributed by atoms with Gasteiger partial charge in [-0.25, -0.2) is 4.98 Å². The first-order valence-corrected chi connectivity index (χ1v) is 13.2. The Balaban J connectivity index is 1.33. The molecule has 0 radical (unpaired) electrons. The summed E-state index contributed by atoms with van der Waals surface area (Å²) in [5, 5.41) is 17.3. The van der Waals surface area contributed by atoms with Crippen LogP contribution in [-0.4, -0.2) is 78.7 Å². The fraction of sp³-hybridized carbons (Fsp3) is 0.556. The minimum atomic E-state index is -0.559. The average molecular weight is 495 g/mol. The predicted molar refractivity (Wildman–Crippen MR) is 141 cm³/mol. The lowest BCUT2D eigenvalue weighted by Gasteiger charge is -2.36. The standard InChI is InChI=1S/C27H38N6O3/c34-26-21-6-5-14-33(19-21)25-9-11-29-27(31-25)30-23-7-8-24(36-17-15-32-12-2-3-13-32)22(18-23)20-35-16-4-1-10-28-26/h1,4,7-9,11,18,21,26,28,34H,2-3,5-6,10,12-17,19-20H2,(H,29,30,31)/b4-1+. The van der Waals surface area contributed by atoms with Gasteiger partial charge < -0.3 is 24.8 Å². The summed E-state index contributed by atoms with van der Waals surface area (Å²) in [6.07, 6.45) is 9.79. The Kier molecular flexibility index (Phi) is 8.66. The molecule has 6 bridgehead atoms. The smallest absolute Gasteiger partial charge is 0.229 e. The number of nitrogens with one attached hydrogen (secondary N) is 2. The normalized spacial score (nSPS) is 24.4.